The summed E-state index contributed by atoms with van der Waals surface area (Å²) in [5.41, 5.74) is 0. The van der Waals surface area contributed by atoms with Gasteiger partial charge < -0.3 is 40.3 Å². The van der Waals surface area contributed by atoms with Gasteiger partial charge in [0.05, 0.1) is 25.4 Å². The van der Waals surface area contributed by atoms with Crippen LogP contribution in [0.25, 0.3) is 0 Å². The molecule has 0 saturated carbocycles. The summed E-state index contributed by atoms with van der Waals surface area (Å²) < 4.78 is 11.3. The van der Waals surface area contributed by atoms with Crippen molar-refractivity contribution < 1.29 is 39.8 Å². The predicted molar refractivity (Wildman–Crippen MR) is 286 cm³/mol. The number of aliphatic hydroxyl groups is 5. The molecule has 1 heterocycles. The Hall–Kier alpha value is -1.33. The van der Waals surface area contributed by atoms with E-state index in [-0.39, 0.29) is 12.5 Å². The zero-order valence-electron chi connectivity index (χ0n) is 44.6. The van der Waals surface area contributed by atoms with Gasteiger partial charge >= 0.3 is 0 Å². The van der Waals surface area contributed by atoms with E-state index in [1.54, 1.807) is 6.08 Å². The third-order valence-electron chi connectivity index (χ3n) is 14.3. The van der Waals surface area contributed by atoms with E-state index < -0.39 is 49.5 Å². The fourth-order valence-electron chi connectivity index (χ4n) is 9.57. The Kier molecular flexibility index (Phi) is 46.9. The molecule has 402 valence electrons. The first-order valence-corrected chi connectivity index (χ1v) is 29.6. The Labute approximate surface area is 419 Å². The maximum atomic E-state index is 13.0. The van der Waals surface area contributed by atoms with Crippen LogP contribution in [0, 0.1) is 0 Å². The van der Waals surface area contributed by atoms with Crippen LogP contribution in [0.4, 0.5) is 0 Å². The number of aliphatic hydroxyl groups excluding tert-OH is 5. The highest BCUT2D eigenvalue weighted by Gasteiger charge is 2.44. The van der Waals surface area contributed by atoms with Gasteiger partial charge in [0.15, 0.2) is 6.29 Å². The molecule has 0 radical (unpaired) electrons. The van der Waals surface area contributed by atoms with Crippen molar-refractivity contribution in [1.29, 1.82) is 0 Å². The summed E-state index contributed by atoms with van der Waals surface area (Å²) in [5, 5.41) is 54.4. The summed E-state index contributed by atoms with van der Waals surface area (Å²) >= 11 is 0. The smallest absolute Gasteiger partial charge is 0.220 e. The molecule has 68 heavy (non-hydrogen) atoms. The van der Waals surface area contributed by atoms with Gasteiger partial charge in [0, 0.05) is 6.42 Å². The third-order valence-corrected chi connectivity index (χ3v) is 14.3. The van der Waals surface area contributed by atoms with Crippen LogP contribution in [0.1, 0.15) is 290 Å². The molecule has 1 rings (SSSR count). The van der Waals surface area contributed by atoms with E-state index in [4.69, 9.17) is 9.47 Å². The monoisotopic (exact) mass is 964 g/mol. The van der Waals surface area contributed by atoms with Crippen molar-refractivity contribution in [2.75, 3.05) is 13.2 Å². The molecule has 1 aliphatic rings. The zero-order chi connectivity index (χ0) is 49.4. The molecule has 0 aliphatic carbocycles. The summed E-state index contributed by atoms with van der Waals surface area (Å²) in [6.07, 6.45) is 55.4. The lowest BCUT2D eigenvalue weighted by atomic mass is 9.99. The second-order valence-corrected chi connectivity index (χ2v) is 20.8. The summed E-state index contributed by atoms with van der Waals surface area (Å²) in [7, 11) is 0. The number of allylic oxidation sites excluding steroid dienone is 3. The number of carbonyl (C=O) groups is 1. The van der Waals surface area contributed by atoms with E-state index in [0.29, 0.717) is 6.42 Å². The molecule has 1 saturated heterocycles. The van der Waals surface area contributed by atoms with Gasteiger partial charge in [-0.05, 0) is 44.9 Å². The Balaban J connectivity index is 2.12. The van der Waals surface area contributed by atoms with Crippen LogP contribution in [0.15, 0.2) is 24.3 Å². The zero-order valence-corrected chi connectivity index (χ0v) is 44.6. The lowest BCUT2D eigenvalue weighted by Crippen LogP contribution is -2.60. The number of rotatable bonds is 51. The highest BCUT2D eigenvalue weighted by Crippen LogP contribution is 2.23. The van der Waals surface area contributed by atoms with Crippen molar-refractivity contribution >= 4 is 5.91 Å². The summed E-state index contributed by atoms with van der Waals surface area (Å²) in [4.78, 5) is 13.0. The molecule has 0 spiro atoms. The second kappa shape index (κ2) is 49.3. The number of hydrogen-bond acceptors (Lipinski definition) is 8. The topological polar surface area (TPSA) is 149 Å². The van der Waals surface area contributed by atoms with Crippen molar-refractivity contribution in [3.8, 4) is 0 Å². The van der Waals surface area contributed by atoms with E-state index in [2.05, 4.69) is 31.3 Å². The molecule has 0 aromatic rings. The highest BCUT2D eigenvalue weighted by molar-refractivity contribution is 5.76. The van der Waals surface area contributed by atoms with Gasteiger partial charge in [0.25, 0.3) is 0 Å². The summed E-state index contributed by atoms with van der Waals surface area (Å²) in [6.45, 7) is 3.80. The molecule has 9 heteroatoms. The van der Waals surface area contributed by atoms with Gasteiger partial charge in [-0.3, -0.25) is 4.79 Å². The molecular weight excluding hydrogens is 851 g/mol. The van der Waals surface area contributed by atoms with Crippen molar-refractivity contribution in [2.45, 2.75) is 333 Å². The average molecular weight is 965 g/mol. The maximum Gasteiger partial charge on any atom is 0.220 e. The Morgan fingerprint density at radius 2 is 0.824 bits per heavy atom. The molecule has 7 unspecified atom stereocenters. The largest absolute Gasteiger partial charge is 0.394 e. The van der Waals surface area contributed by atoms with Gasteiger partial charge in [-0.15, -0.1) is 0 Å². The molecule has 0 bridgehead atoms. The summed E-state index contributed by atoms with van der Waals surface area (Å²) in [5.74, 6) is -0.172. The second-order valence-electron chi connectivity index (χ2n) is 20.8. The minimum Gasteiger partial charge on any atom is -0.394 e. The van der Waals surface area contributed by atoms with Crippen LogP contribution < -0.4 is 5.32 Å². The van der Waals surface area contributed by atoms with Crippen molar-refractivity contribution in [2.24, 2.45) is 0 Å². The standard InChI is InChI=1S/C59H113NO8/c1-3-5-7-9-11-13-15-17-19-20-21-22-23-24-25-26-27-28-29-30-31-32-33-34-35-37-39-41-43-45-47-49-55(63)60-52(51-67-59-58(66)57(65)56(64)54(50-61)68-59)53(62)48-46-44-42-40-38-36-18-16-14-12-10-8-6-4-2/h20-21,46,48,52-54,56-59,61-62,64-66H,3-19,22-45,47,49-51H2,1-2H3,(H,60,63)/b21-20-,48-46+. The number of amides is 1. The third kappa shape index (κ3) is 38.4. The number of ether oxygens (including phenoxy) is 2. The van der Waals surface area contributed by atoms with E-state index in [0.717, 1.165) is 38.5 Å². The van der Waals surface area contributed by atoms with Crippen LogP contribution in [0.5, 0.6) is 0 Å². The van der Waals surface area contributed by atoms with E-state index in [1.165, 1.54) is 231 Å². The van der Waals surface area contributed by atoms with Crippen molar-refractivity contribution in [3.63, 3.8) is 0 Å². The first-order chi connectivity index (χ1) is 33.3. The molecule has 1 amide bonds. The van der Waals surface area contributed by atoms with Gasteiger partial charge in [0.2, 0.25) is 5.91 Å². The number of nitrogens with one attached hydrogen (secondary N) is 1. The first kappa shape index (κ1) is 64.7. The number of carbonyl (C=O) groups excluding carboxylic acids is 1. The molecule has 1 aliphatic heterocycles. The molecule has 0 aromatic carbocycles. The Morgan fingerprint density at radius 3 is 1.19 bits per heavy atom. The molecule has 7 atom stereocenters. The van der Waals surface area contributed by atoms with Crippen LogP contribution in [-0.2, 0) is 14.3 Å². The summed E-state index contributed by atoms with van der Waals surface area (Å²) in [6, 6.07) is -0.801. The minimum absolute atomic E-state index is 0.172. The van der Waals surface area contributed by atoms with Crippen LogP contribution in [0.2, 0.25) is 0 Å². The Morgan fingerprint density at radius 1 is 0.485 bits per heavy atom. The number of unbranched alkanes of at least 4 members (excludes halogenated alkanes) is 39. The fourth-order valence-corrected chi connectivity index (χ4v) is 9.57. The van der Waals surface area contributed by atoms with Crippen LogP contribution >= 0.6 is 0 Å². The van der Waals surface area contributed by atoms with Crippen LogP contribution in [-0.4, -0.2) is 87.5 Å². The minimum atomic E-state index is -1.56. The molecule has 1 fully saturated rings. The number of hydrogen-bond donors (Lipinski definition) is 6. The first-order valence-electron chi connectivity index (χ1n) is 29.6. The fraction of sp³-hybridized carbons (Fsp3) is 0.915. The van der Waals surface area contributed by atoms with Crippen LogP contribution in [0.3, 0.4) is 0 Å². The quantitative estimate of drug-likeness (QED) is 0.0261. The van der Waals surface area contributed by atoms with Gasteiger partial charge in [-0.1, -0.05) is 263 Å². The van der Waals surface area contributed by atoms with Gasteiger partial charge in [0.1, 0.15) is 24.4 Å². The molecule has 9 nitrogen and oxygen atoms in total. The Bertz CT molecular complexity index is 1120. The average Bonchev–Trinajstić information content (AvgIpc) is 3.34. The normalized spacial score (nSPS) is 19.7. The lowest BCUT2D eigenvalue weighted by Gasteiger charge is -2.40. The lowest BCUT2D eigenvalue weighted by molar-refractivity contribution is -0.302. The maximum absolute atomic E-state index is 13.0. The van der Waals surface area contributed by atoms with Gasteiger partial charge in [-0.25, -0.2) is 0 Å². The molecular formula is C59H113NO8. The van der Waals surface area contributed by atoms with Crippen molar-refractivity contribution in [3.05, 3.63) is 24.3 Å². The van der Waals surface area contributed by atoms with E-state index in [9.17, 15) is 30.3 Å². The van der Waals surface area contributed by atoms with Gasteiger partial charge in [-0.2, -0.15) is 0 Å². The highest BCUT2D eigenvalue weighted by atomic mass is 16.7. The molecule has 0 aromatic heterocycles. The molecule has 6 N–H and O–H groups in total. The van der Waals surface area contributed by atoms with Crippen molar-refractivity contribution in [1.82, 2.24) is 5.32 Å². The van der Waals surface area contributed by atoms with E-state index in [1.807, 2.05) is 6.08 Å². The SMILES string of the molecule is CCCCCCCCCC/C=C\CCCCCCCCCCCCCCCCCCCCCC(=O)NC(COC1OC(CO)C(O)C(O)C1O)C(O)/C=C/CCCCCCCCCCCCCC. The van der Waals surface area contributed by atoms with E-state index >= 15 is 0 Å². The predicted octanol–water partition coefficient (Wildman–Crippen LogP) is 14.6.